The first kappa shape index (κ1) is 17.8. The summed E-state index contributed by atoms with van der Waals surface area (Å²) in [4.78, 5) is 28.2. The first-order chi connectivity index (χ1) is 12.6. The van der Waals surface area contributed by atoms with Crippen molar-refractivity contribution in [3.63, 3.8) is 0 Å². The fraction of sp³-hybridized carbons (Fsp3) is 0.389. The van der Waals surface area contributed by atoms with E-state index >= 15 is 0 Å². The number of amides is 1. The largest absolute Gasteiger partial charge is 0.481 e. The maximum absolute atomic E-state index is 12.2. The molecule has 0 aliphatic carbocycles. The molecule has 138 valence electrons. The first-order valence-electron chi connectivity index (χ1n) is 8.46. The average Bonchev–Trinajstić information content (AvgIpc) is 3.10. The fourth-order valence-electron chi connectivity index (χ4n) is 2.48. The fourth-order valence-corrected chi connectivity index (χ4v) is 2.48. The smallest absolute Gasteiger partial charge is 0.260 e. The van der Waals surface area contributed by atoms with E-state index in [4.69, 9.17) is 14.2 Å². The van der Waals surface area contributed by atoms with E-state index in [9.17, 15) is 9.59 Å². The van der Waals surface area contributed by atoms with Crippen molar-refractivity contribution in [1.29, 1.82) is 0 Å². The van der Waals surface area contributed by atoms with Crippen LogP contribution in [0.4, 0.5) is 0 Å². The van der Waals surface area contributed by atoms with Crippen LogP contribution in [0.3, 0.4) is 0 Å². The maximum Gasteiger partial charge on any atom is 0.260 e. The second-order valence-electron chi connectivity index (χ2n) is 5.83. The molecule has 1 aromatic carbocycles. The number of rotatable bonds is 7. The molecular weight excluding hydrogens is 338 g/mol. The van der Waals surface area contributed by atoms with Gasteiger partial charge in [-0.3, -0.25) is 14.2 Å². The van der Waals surface area contributed by atoms with Gasteiger partial charge in [-0.15, -0.1) is 0 Å². The minimum atomic E-state index is -0.687. The molecule has 0 bridgehead atoms. The predicted octanol–water partition coefficient (Wildman–Crippen LogP) is 1.12. The third-order valence-electron chi connectivity index (χ3n) is 3.98. The Labute approximate surface area is 150 Å². The summed E-state index contributed by atoms with van der Waals surface area (Å²) in [7, 11) is 0. The number of carbonyl (C=O) groups excluding carboxylic acids is 1. The van der Waals surface area contributed by atoms with Gasteiger partial charge in [-0.25, -0.2) is 4.98 Å². The number of fused-ring (bicyclic) bond motifs is 1. The van der Waals surface area contributed by atoms with Crippen LogP contribution in [0.1, 0.15) is 19.5 Å². The van der Waals surface area contributed by atoms with Crippen molar-refractivity contribution in [3.8, 4) is 17.2 Å². The van der Waals surface area contributed by atoms with Crippen molar-refractivity contribution in [2.45, 2.75) is 32.9 Å². The summed E-state index contributed by atoms with van der Waals surface area (Å²) in [6.07, 6.45) is 1.52. The lowest BCUT2D eigenvalue weighted by atomic mass is 10.3. The van der Waals surface area contributed by atoms with Crippen LogP contribution in [0.2, 0.25) is 0 Å². The number of carbonyl (C=O) groups is 1. The minimum Gasteiger partial charge on any atom is -0.481 e. The number of hydrogen-bond acceptors (Lipinski definition) is 6. The predicted molar refractivity (Wildman–Crippen MR) is 93.5 cm³/mol. The van der Waals surface area contributed by atoms with Crippen LogP contribution in [0, 0.1) is 0 Å². The van der Waals surface area contributed by atoms with Crippen molar-refractivity contribution >= 4 is 5.91 Å². The number of aryl methyl sites for hydroxylation is 1. The molecule has 8 heteroatoms. The average molecular weight is 359 g/mol. The molecule has 1 aliphatic heterocycles. The summed E-state index contributed by atoms with van der Waals surface area (Å²) in [5.74, 6) is 1.50. The highest BCUT2D eigenvalue weighted by Gasteiger charge is 2.18. The molecular formula is C18H21N3O5. The van der Waals surface area contributed by atoms with E-state index in [2.05, 4.69) is 10.3 Å². The molecule has 1 amide bonds. The molecule has 0 spiro atoms. The molecule has 1 unspecified atom stereocenters. The second-order valence-corrected chi connectivity index (χ2v) is 5.83. The molecule has 1 atom stereocenters. The SMILES string of the molecule is CCc1cc(=O)n(CCNC(=O)C(C)Oc2ccc3c(c2)OCO3)cn1. The Morgan fingerprint density at radius 3 is 2.92 bits per heavy atom. The van der Waals surface area contributed by atoms with Crippen LogP contribution in [-0.2, 0) is 17.8 Å². The highest BCUT2D eigenvalue weighted by Crippen LogP contribution is 2.35. The Bertz CT molecular complexity index is 849. The van der Waals surface area contributed by atoms with Crippen molar-refractivity contribution in [2.75, 3.05) is 13.3 Å². The Morgan fingerprint density at radius 2 is 2.15 bits per heavy atom. The zero-order valence-corrected chi connectivity index (χ0v) is 14.7. The first-order valence-corrected chi connectivity index (χ1v) is 8.46. The highest BCUT2D eigenvalue weighted by molar-refractivity contribution is 5.80. The van der Waals surface area contributed by atoms with Crippen LogP contribution in [0.5, 0.6) is 17.2 Å². The quantitative estimate of drug-likeness (QED) is 0.796. The molecule has 3 rings (SSSR count). The monoisotopic (exact) mass is 359 g/mol. The van der Waals surface area contributed by atoms with E-state index in [0.717, 1.165) is 5.69 Å². The van der Waals surface area contributed by atoms with Crippen LogP contribution in [0.25, 0.3) is 0 Å². The van der Waals surface area contributed by atoms with Gasteiger partial charge in [0.05, 0.1) is 6.33 Å². The zero-order chi connectivity index (χ0) is 18.5. The molecule has 0 radical (unpaired) electrons. The third-order valence-corrected chi connectivity index (χ3v) is 3.98. The molecule has 2 aromatic rings. The van der Waals surface area contributed by atoms with Crippen molar-refractivity contribution in [3.05, 3.63) is 46.6 Å². The maximum atomic E-state index is 12.2. The van der Waals surface area contributed by atoms with Crippen molar-refractivity contribution in [1.82, 2.24) is 14.9 Å². The Kier molecular flexibility index (Phi) is 5.40. The van der Waals surface area contributed by atoms with Gasteiger partial charge in [0.1, 0.15) is 5.75 Å². The normalized spacial score (nSPS) is 13.3. The number of aromatic nitrogens is 2. The van der Waals surface area contributed by atoms with Crippen LogP contribution in [0.15, 0.2) is 35.4 Å². The highest BCUT2D eigenvalue weighted by atomic mass is 16.7. The van der Waals surface area contributed by atoms with Gasteiger partial charge in [0.25, 0.3) is 11.5 Å². The minimum absolute atomic E-state index is 0.129. The molecule has 1 N–H and O–H groups in total. The summed E-state index contributed by atoms with van der Waals surface area (Å²) >= 11 is 0. The van der Waals surface area contributed by atoms with Gasteiger partial charge in [0, 0.05) is 30.9 Å². The number of hydrogen-bond donors (Lipinski definition) is 1. The van der Waals surface area contributed by atoms with E-state index in [1.54, 1.807) is 25.1 Å². The molecule has 2 heterocycles. The Balaban J connectivity index is 1.49. The van der Waals surface area contributed by atoms with Gasteiger partial charge >= 0.3 is 0 Å². The number of benzene rings is 1. The number of nitrogens with zero attached hydrogens (tertiary/aromatic N) is 2. The van der Waals surface area contributed by atoms with Crippen molar-refractivity contribution < 1.29 is 19.0 Å². The molecule has 1 aliphatic rings. The van der Waals surface area contributed by atoms with Gasteiger partial charge in [0.15, 0.2) is 17.6 Å². The van der Waals surface area contributed by atoms with E-state index in [1.807, 2.05) is 6.92 Å². The lowest BCUT2D eigenvalue weighted by Gasteiger charge is -2.15. The molecule has 1 aromatic heterocycles. The standard InChI is InChI=1S/C18H21N3O5/c1-3-13-8-17(22)21(10-20-13)7-6-19-18(23)12(2)26-14-4-5-15-16(9-14)25-11-24-15/h4-5,8-10,12H,3,6-7,11H2,1-2H3,(H,19,23). The zero-order valence-electron chi connectivity index (χ0n) is 14.7. The number of nitrogens with one attached hydrogen (secondary N) is 1. The lowest BCUT2D eigenvalue weighted by molar-refractivity contribution is -0.127. The Hall–Kier alpha value is -3.03. The lowest BCUT2D eigenvalue weighted by Crippen LogP contribution is -2.38. The molecule has 8 nitrogen and oxygen atoms in total. The summed E-state index contributed by atoms with van der Waals surface area (Å²) in [6, 6.07) is 6.65. The number of ether oxygens (including phenoxy) is 3. The molecule has 26 heavy (non-hydrogen) atoms. The van der Waals surface area contributed by atoms with Crippen LogP contribution < -0.4 is 25.1 Å². The molecule has 0 saturated carbocycles. The van der Waals surface area contributed by atoms with E-state index in [-0.39, 0.29) is 18.3 Å². The summed E-state index contributed by atoms with van der Waals surface area (Å²) in [6.45, 7) is 4.43. The summed E-state index contributed by atoms with van der Waals surface area (Å²) < 4.78 is 17.6. The van der Waals surface area contributed by atoms with E-state index in [1.165, 1.54) is 17.0 Å². The molecule has 0 fully saturated rings. The van der Waals surface area contributed by atoms with Crippen LogP contribution in [-0.4, -0.2) is 34.9 Å². The topological polar surface area (TPSA) is 91.7 Å². The van der Waals surface area contributed by atoms with Crippen LogP contribution >= 0.6 is 0 Å². The van der Waals surface area contributed by atoms with Gasteiger partial charge < -0.3 is 19.5 Å². The van der Waals surface area contributed by atoms with Crippen molar-refractivity contribution in [2.24, 2.45) is 0 Å². The van der Waals surface area contributed by atoms with Gasteiger partial charge in [-0.1, -0.05) is 6.92 Å². The second kappa shape index (κ2) is 7.90. The third kappa shape index (κ3) is 4.14. The summed E-state index contributed by atoms with van der Waals surface area (Å²) in [5.41, 5.74) is 0.622. The van der Waals surface area contributed by atoms with Gasteiger partial charge in [0.2, 0.25) is 6.79 Å². The van der Waals surface area contributed by atoms with E-state index < -0.39 is 6.10 Å². The van der Waals surface area contributed by atoms with E-state index in [0.29, 0.717) is 36.8 Å². The summed E-state index contributed by atoms with van der Waals surface area (Å²) in [5, 5.41) is 2.75. The van der Waals surface area contributed by atoms with Gasteiger partial charge in [-0.2, -0.15) is 0 Å². The van der Waals surface area contributed by atoms with Gasteiger partial charge in [-0.05, 0) is 25.5 Å². The molecule has 0 saturated heterocycles. The Morgan fingerprint density at radius 1 is 1.35 bits per heavy atom.